The van der Waals surface area contributed by atoms with Crippen LogP contribution < -0.4 is 40.4 Å². The summed E-state index contributed by atoms with van der Waals surface area (Å²) in [7, 11) is 0. The zero-order valence-corrected chi connectivity index (χ0v) is 17.9. The van der Waals surface area contributed by atoms with E-state index < -0.39 is 23.6 Å². The molecule has 3 aromatic carbocycles. The fraction of sp³-hybridized carbons (Fsp3) is 0.0870. The van der Waals surface area contributed by atoms with E-state index in [0.29, 0.717) is 11.1 Å². The van der Waals surface area contributed by atoms with Crippen molar-refractivity contribution in [2.24, 2.45) is 5.73 Å². The molecule has 0 aliphatic heterocycles. The SMILES string of the molecule is NC(C/C=C(\c1cccc(-c2ccccc2)c1)c1ccc(F)cc1F)C(=O)[O-].[Na+]. The Kier molecular flexibility index (Phi) is 8.29. The Hall–Kier alpha value is -2.31. The number of carboxylic acid groups (broad SMARTS) is 1. The Labute approximate surface area is 190 Å². The zero-order chi connectivity index (χ0) is 20.1. The molecule has 1 unspecified atom stereocenters. The molecule has 3 nitrogen and oxygen atoms in total. The third kappa shape index (κ3) is 5.84. The van der Waals surface area contributed by atoms with Gasteiger partial charge in [-0.1, -0.05) is 54.6 Å². The zero-order valence-electron chi connectivity index (χ0n) is 15.9. The molecule has 0 fully saturated rings. The molecule has 0 saturated carbocycles. The van der Waals surface area contributed by atoms with Crippen LogP contribution in [-0.4, -0.2) is 12.0 Å². The van der Waals surface area contributed by atoms with Gasteiger partial charge in [-0.25, -0.2) is 8.78 Å². The van der Waals surface area contributed by atoms with E-state index in [-0.39, 0.29) is 41.5 Å². The van der Waals surface area contributed by atoms with Gasteiger partial charge in [-0.2, -0.15) is 0 Å². The number of hydrogen-bond donors (Lipinski definition) is 1. The fourth-order valence-electron chi connectivity index (χ4n) is 2.93. The van der Waals surface area contributed by atoms with Crippen molar-refractivity contribution < 1.29 is 48.2 Å². The topological polar surface area (TPSA) is 66.2 Å². The number of hydrogen-bond acceptors (Lipinski definition) is 3. The van der Waals surface area contributed by atoms with E-state index in [2.05, 4.69) is 0 Å². The van der Waals surface area contributed by atoms with Crippen LogP contribution in [0.5, 0.6) is 0 Å². The van der Waals surface area contributed by atoms with E-state index >= 15 is 0 Å². The molecule has 0 bridgehead atoms. The predicted octanol–water partition coefficient (Wildman–Crippen LogP) is 0.535. The summed E-state index contributed by atoms with van der Waals surface area (Å²) in [6.45, 7) is 0. The second-order valence-electron chi connectivity index (χ2n) is 6.35. The van der Waals surface area contributed by atoms with Crippen molar-refractivity contribution >= 4 is 11.5 Å². The number of carbonyl (C=O) groups excluding carboxylic acids is 1. The molecule has 0 aliphatic rings. The van der Waals surface area contributed by atoms with Gasteiger partial charge in [-0.15, -0.1) is 0 Å². The number of carboxylic acids is 1. The number of aliphatic carboxylic acids is 1. The molecule has 29 heavy (non-hydrogen) atoms. The molecule has 0 aliphatic carbocycles. The molecule has 0 aromatic heterocycles. The average Bonchev–Trinajstić information content (AvgIpc) is 2.70. The van der Waals surface area contributed by atoms with Crippen LogP contribution in [0.4, 0.5) is 8.78 Å². The van der Waals surface area contributed by atoms with Crippen LogP contribution >= 0.6 is 0 Å². The molecule has 142 valence electrons. The summed E-state index contributed by atoms with van der Waals surface area (Å²) in [6.07, 6.45) is 1.49. The summed E-state index contributed by atoms with van der Waals surface area (Å²) in [5.74, 6) is -2.82. The minimum Gasteiger partial charge on any atom is -0.548 e. The smallest absolute Gasteiger partial charge is 0.548 e. The molecule has 0 heterocycles. The minimum atomic E-state index is -1.40. The van der Waals surface area contributed by atoms with Crippen molar-refractivity contribution in [1.82, 2.24) is 0 Å². The third-order valence-electron chi connectivity index (χ3n) is 4.38. The summed E-state index contributed by atoms with van der Waals surface area (Å²) in [6, 6.07) is 19.1. The molecule has 3 rings (SSSR count). The van der Waals surface area contributed by atoms with Gasteiger partial charge in [0, 0.05) is 17.7 Å². The number of carbonyl (C=O) groups is 1. The van der Waals surface area contributed by atoms with Crippen LogP contribution in [0.3, 0.4) is 0 Å². The average molecular weight is 401 g/mol. The van der Waals surface area contributed by atoms with Gasteiger partial charge in [-0.05, 0) is 46.9 Å². The van der Waals surface area contributed by atoms with Gasteiger partial charge in [0.25, 0.3) is 0 Å². The van der Waals surface area contributed by atoms with Gasteiger partial charge in [0.2, 0.25) is 0 Å². The maximum absolute atomic E-state index is 14.5. The minimum absolute atomic E-state index is 0. The van der Waals surface area contributed by atoms with Crippen LogP contribution in [0, 0.1) is 11.6 Å². The van der Waals surface area contributed by atoms with Crippen molar-refractivity contribution in [2.45, 2.75) is 12.5 Å². The van der Waals surface area contributed by atoms with Crippen molar-refractivity contribution in [3.05, 3.63) is 102 Å². The van der Waals surface area contributed by atoms with Crippen LogP contribution in [0.1, 0.15) is 17.5 Å². The van der Waals surface area contributed by atoms with E-state index in [9.17, 15) is 18.7 Å². The largest absolute Gasteiger partial charge is 1.00 e. The standard InChI is InChI=1S/C23H19F2NO2.Na/c24-18-9-10-20(21(25)14-18)19(11-12-22(26)23(27)28)17-8-4-7-16(13-17)15-5-2-1-3-6-15;/h1-11,13-14,22H,12,26H2,(H,27,28);/q;+1/p-1/b19-11+;. The first-order valence-corrected chi connectivity index (χ1v) is 8.73. The molecule has 0 radical (unpaired) electrons. The van der Waals surface area contributed by atoms with E-state index in [1.165, 1.54) is 6.07 Å². The summed E-state index contributed by atoms with van der Waals surface area (Å²) in [5.41, 5.74) is 8.70. The van der Waals surface area contributed by atoms with Gasteiger partial charge in [0.05, 0.1) is 5.97 Å². The molecule has 6 heteroatoms. The predicted molar refractivity (Wildman–Crippen MR) is 103 cm³/mol. The van der Waals surface area contributed by atoms with Crippen molar-refractivity contribution in [2.75, 3.05) is 0 Å². The number of halogens is 2. The Morgan fingerprint density at radius 1 is 0.966 bits per heavy atom. The fourth-order valence-corrected chi connectivity index (χ4v) is 2.93. The Morgan fingerprint density at radius 2 is 1.66 bits per heavy atom. The molecule has 0 saturated heterocycles. The van der Waals surface area contributed by atoms with Crippen molar-refractivity contribution in [1.29, 1.82) is 0 Å². The summed E-state index contributed by atoms with van der Waals surface area (Å²) < 4.78 is 27.8. The first-order chi connectivity index (χ1) is 13.5. The van der Waals surface area contributed by atoms with Crippen LogP contribution in [0.25, 0.3) is 16.7 Å². The van der Waals surface area contributed by atoms with E-state index in [1.807, 2.05) is 48.5 Å². The first-order valence-electron chi connectivity index (χ1n) is 8.73. The first kappa shape index (κ1) is 23.0. The maximum atomic E-state index is 14.5. The molecule has 0 amide bonds. The summed E-state index contributed by atoms with van der Waals surface area (Å²) >= 11 is 0. The quantitative estimate of drug-likeness (QED) is 0.613. The van der Waals surface area contributed by atoms with Crippen molar-refractivity contribution in [3.8, 4) is 11.1 Å². The molecule has 1 atom stereocenters. The van der Waals surface area contributed by atoms with E-state index in [1.54, 1.807) is 12.1 Å². The second-order valence-corrected chi connectivity index (χ2v) is 6.35. The normalized spacial score (nSPS) is 12.2. The van der Waals surface area contributed by atoms with Gasteiger partial charge >= 0.3 is 29.6 Å². The van der Waals surface area contributed by atoms with Crippen LogP contribution in [-0.2, 0) is 4.79 Å². The van der Waals surface area contributed by atoms with Crippen molar-refractivity contribution in [3.63, 3.8) is 0 Å². The second kappa shape index (κ2) is 10.5. The maximum Gasteiger partial charge on any atom is 1.00 e. The molecular weight excluding hydrogens is 383 g/mol. The van der Waals surface area contributed by atoms with Gasteiger partial charge in [0.1, 0.15) is 11.6 Å². The van der Waals surface area contributed by atoms with Gasteiger partial charge in [0.15, 0.2) is 0 Å². The van der Waals surface area contributed by atoms with Crippen LogP contribution in [0.15, 0.2) is 78.9 Å². The Bertz CT molecular complexity index is 1020. The van der Waals surface area contributed by atoms with Gasteiger partial charge < -0.3 is 15.6 Å². The van der Waals surface area contributed by atoms with Gasteiger partial charge in [-0.3, -0.25) is 0 Å². The number of benzene rings is 3. The Morgan fingerprint density at radius 3 is 2.31 bits per heavy atom. The summed E-state index contributed by atoms with van der Waals surface area (Å²) in [4.78, 5) is 10.9. The molecular formula is C23H18F2NNaO2. The number of nitrogens with two attached hydrogens (primary N) is 1. The van der Waals surface area contributed by atoms with E-state index in [4.69, 9.17) is 5.73 Å². The molecule has 0 spiro atoms. The summed E-state index contributed by atoms with van der Waals surface area (Å²) in [5, 5.41) is 10.9. The monoisotopic (exact) mass is 401 g/mol. The molecule has 3 aromatic rings. The Balaban J connectivity index is 0.00000300. The third-order valence-corrected chi connectivity index (χ3v) is 4.38. The molecule has 2 N–H and O–H groups in total. The van der Waals surface area contributed by atoms with E-state index in [0.717, 1.165) is 23.3 Å². The number of rotatable bonds is 6. The van der Waals surface area contributed by atoms with Crippen LogP contribution in [0.2, 0.25) is 0 Å².